The summed E-state index contributed by atoms with van der Waals surface area (Å²) in [5.41, 5.74) is 13.2. The van der Waals surface area contributed by atoms with E-state index < -0.39 is 5.91 Å². The Morgan fingerprint density at radius 3 is 2.42 bits per heavy atom. The summed E-state index contributed by atoms with van der Waals surface area (Å²) in [6, 6.07) is 19.8. The number of carbonyl (C=O) groups excluding carboxylic acids is 1. The zero-order chi connectivity index (χ0) is 18.4. The van der Waals surface area contributed by atoms with Crippen LogP contribution >= 0.6 is 0 Å². The molecule has 0 aliphatic carbocycles. The fourth-order valence-corrected chi connectivity index (χ4v) is 3.88. The van der Waals surface area contributed by atoms with Gasteiger partial charge < -0.3 is 10.3 Å². The molecular weight excluding hydrogens is 320 g/mol. The van der Waals surface area contributed by atoms with Gasteiger partial charge in [0.05, 0.1) is 11.0 Å². The first-order chi connectivity index (χ1) is 12.4. The van der Waals surface area contributed by atoms with Gasteiger partial charge >= 0.3 is 0 Å². The van der Waals surface area contributed by atoms with E-state index in [-0.39, 0.29) is 0 Å². The maximum atomic E-state index is 12.0. The fourth-order valence-electron chi connectivity index (χ4n) is 3.88. The van der Waals surface area contributed by atoms with E-state index in [1.807, 2.05) is 18.2 Å². The molecule has 1 aromatic heterocycles. The molecule has 2 N–H and O–H groups in total. The molecule has 129 valence electrons. The molecule has 0 unspecified atom stereocenters. The van der Waals surface area contributed by atoms with Crippen LogP contribution in [0, 0.1) is 26.8 Å². The maximum absolute atomic E-state index is 12.0. The molecule has 0 saturated carbocycles. The highest BCUT2D eigenvalue weighted by Gasteiger charge is 2.16. The summed E-state index contributed by atoms with van der Waals surface area (Å²) in [6.45, 7) is 7.03. The lowest BCUT2D eigenvalue weighted by atomic mass is 10.1. The Kier molecular flexibility index (Phi) is 3.80. The van der Waals surface area contributed by atoms with Crippen LogP contribution in [-0.4, -0.2) is 10.5 Å². The summed E-state index contributed by atoms with van der Waals surface area (Å²) in [5, 5.41) is 1.84. The van der Waals surface area contributed by atoms with Crippen molar-refractivity contribution in [2.24, 2.45) is 5.73 Å². The van der Waals surface area contributed by atoms with Crippen molar-refractivity contribution in [3.63, 3.8) is 0 Å². The minimum atomic E-state index is -0.407. The molecule has 26 heavy (non-hydrogen) atoms. The van der Waals surface area contributed by atoms with Gasteiger partial charge in [-0.1, -0.05) is 41.5 Å². The first-order valence-corrected chi connectivity index (χ1v) is 8.74. The molecule has 0 aliphatic rings. The van der Waals surface area contributed by atoms with E-state index in [2.05, 4.69) is 55.7 Å². The minimum absolute atomic E-state index is 0.407. The van der Waals surface area contributed by atoms with E-state index in [9.17, 15) is 4.79 Å². The summed E-state index contributed by atoms with van der Waals surface area (Å²) in [4.78, 5) is 12.0. The normalized spacial score (nSPS) is 11.3. The predicted molar refractivity (Wildman–Crippen MR) is 107 cm³/mol. The van der Waals surface area contributed by atoms with Crippen LogP contribution in [0.3, 0.4) is 0 Å². The van der Waals surface area contributed by atoms with Crippen molar-refractivity contribution in [1.82, 2.24) is 4.57 Å². The Labute approximate surface area is 153 Å². The molecule has 4 rings (SSSR count). The fraction of sp³-hybridized carbons (Fsp3) is 0.174. The standard InChI is InChI=1S/C23H21N2O/c1-14-7-8-18-21(12-14)25(13-17-10-15(2)9-16(3)11-17)20-6-4-5-19(22(18)20)23(24)26/h4-7,9-12H,13H2,1-3H3,(H2,24,26). The van der Waals surface area contributed by atoms with Crippen LogP contribution in [0.5, 0.6) is 0 Å². The van der Waals surface area contributed by atoms with E-state index >= 15 is 0 Å². The Balaban J connectivity index is 2.04. The molecule has 0 atom stereocenters. The van der Waals surface area contributed by atoms with Crippen molar-refractivity contribution < 1.29 is 4.79 Å². The second-order valence-electron chi connectivity index (χ2n) is 7.08. The maximum Gasteiger partial charge on any atom is 0.249 e. The third-order valence-electron chi connectivity index (χ3n) is 4.83. The van der Waals surface area contributed by atoms with Crippen LogP contribution in [0.4, 0.5) is 0 Å². The van der Waals surface area contributed by atoms with Gasteiger partial charge in [-0.2, -0.15) is 0 Å². The topological polar surface area (TPSA) is 48.0 Å². The number of hydrogen-bond donors (Lipinski definition) is 1. The van der Waals surface area contributed by atoms with Gasteiger partial charge in [0, 0.05) is 22.9 Å². The number of nitrogens with two attached hydrogens (primary N) is 1. The van der Waals surface area contributed by atoms with Crippen LogP contribution in [0.15, 0.2) is 48.5 Å². The number of fused-ring (bicyclic) bond motifs is 3. The lowest BCUT2D eigenvalue weighted by Crippen LogP contribution is -2.11. The first kappa shape index (κ1) is 16.4. The highest BCUT2D eigenvalue weighted by atomic mass is 16.1. The van der Waals surface area contributed by atoms with Crippen molar-refractivity contribution in [1.29, 1.82) is 0 Å². The van der Waals surface area contributed by atoms with Gasteiger partial charge in [-0.3, -0.25) is 4.79 Å². The van der Waals surface area contributed by atoms with Crippen LogP contribution in [0.1, 0.15) is 32.6 Å². The SMILES string of the molecule is Cc1cc(C)cc(Cn2c3cc(C)c[c]c3c3c(C(N)=O)cccc32)c1. The summed E-state index contributed by atoms with van der Waals surface area (Å²) in [6.07, 6.45) is 0. The summed E-state index contributed by atoms with van der Waals surface area (Å²) in [7, 11) is 0. The van der Waals surface area contributed by atoms with Gasteiger partial charge in [0.15, 0.2) is 0 Å². The minimum Gasteiger partial charge on any atom is -0.366 e. The molecule has 0 aliphatic heterocycles. The van der Waals surface area contributed by atoms with Crippen LogP contribution in [0.2, 0.25) is 0 Å². The van der Waals surface area contributed by atoms with Crippen LogP contribution < -0.4 is 5.73 Å². The number of aromatic nitrogens is 1. The zero-order valence-electron chi connectivity index (χ0n) is 15.3. The number of carbonyl (C=O) groups is 1. The van der Waals surface area contributed by atoms with Crippen molar-refractivity contribution >= 4 is 27.7 Å². The summed E-state index contributed by atoms with van der Waals surface area (Å²) >= 11 is 0. The molecule has 4 aromatic rings. The van der Waals surface area contributed by atoms with Crippen molar-refractivity contribution in [3.8, 4) is 0 Å². The van der Waals surface area contributed by atoms with Gasteiger partial charge in [-0.05, 0) is 56.2 Å². The second-order valence-corrected chi connectivity index (χ2v) is 7.08. The third kappa shape index (κ3) is 2.66. The van der Waals surface area contributed by atoms with E-state index in [1.54, 1.807) is 6.07 Å². The third-order valence-corrected chi connectivity index (χ3v) is 4.83. The van der Waals surface area contributed by atoms with Gasteiger partial charge in [0.1, 0.15) is 0 Å². The molecule has 3 nitrogen and oxygen atoms in total. The Morgan fingerprint density at radius 2 is 1.73 bits per heavy atom. The van der Waals surface area contributed by atoms with Gasteiger partial charge in [-0.25, -0.2) is 0 Å². The monoisotopic (exact) mass is 341 g/mol. The number of hydrogen-bond acceptors (Lipinski definition) is 1. The van der Waals surface area contributed by atoms with Gasteiger partial charge in [0.2, 0.25) is 5.91 Å². The summed E-state index contributed by atoms with van der Waals surface area (Å²) < 4.78 is 2.26. The lowest BCUT2D eigenvalue weighted by molar-refractivity contribution is 0.100. The number of aryl methyl sites for hydroxylation is 3. The number of amides is 1. The highest BCUT2D eigenvalue weighted by Crippen LogP contribution is 2.32. The largest absolute Gasteiger partial charge is 0.366 e. The molecule has 3 aromatic carbocycles. The number of nitrogens with zero attached hydrogens (tertiary/aromatic N) is 1. The molecule has 1 heterocycles. The average molecular weight is 341 g/mol. The second kappa shape index (κ2) is 6.03. The molecular formula is C23H21N2O. The molecule has 1 radical (unpaired) electrons. The molecule has 0 bridgehead atoms. The highest BCUT2D eigenvalue weighted by molar-refractivity contribution is 6.17. The van der Waals surface area contributed by atoms with E-state index in [0.29, 0.717) is 5.56 Å². The Morgan fingerprint density at radius 1 is 1.00 bits per heavy atom. The Bertz CT molecular complexity index is 1150. The molecule has 3 heteroatoms. The smallest absolute Gasteiger partial charge is 0.249 e. The molecule has 1 amide bonds. The first-order valence-electron chi connectivity index (χ1n) is 8.74. The average Bonchev–Trinajstić information content (AvgIpc) is 2.87. The number of benzene rings is 3. The Hall–Kier alpha value is -3.07. The van der Waals surface area contributed by atoms with Crippen molar-refractivity contribution in [3.05, 3.63) is 82.4 Å². The van der Waals surface area contributed by atoms with E-state index in [1.165, 1.54) is 16.7 Å². The number of primary amides is 1. The quantitative estimate of drug-likeness (QED) is 0.578. The van der Waals surface area contributed by atoms with Crippen LogP contribution in [-0.2, 0) is 6.54 Å². The van der Waals surface area contributed by atoms with Crippen molar-refractivity contribution in [2.45, 2.75) is 27.3 Å². The van der Waals surface area contributed by atoms with Crippen LogP contribution in [0.25, 0.3) is 21.8 Å². The number of rotatable bonds is 3. The van der Waals surface area contributed by atoms with E-state index in [4.69, 9.17) is 5.73 Å². The van der Waals surface area contributed by atoms with E-state index in [0.717, 1.165) is 33.9 Å². The lowest BCUT2D eigenvalue weighted by Gasteiger charge is -2.10. The van der Waals surface area contributed by atoms with Gasteiger partial charge in [0.25, 0.3) is 0 Å². The molecule has 0 spiro atoms. The molecule has 0 saturated heterocycles. The van der Waals surface area contributed by atoms with Crippen molar-refractivity contribution in [2.75, 3.05) is 0 Å². The zero-order valence-corrected chi connectivity index (χ0v) is 15.3. The van der Waals surface area contributed by atoms with Gasteiger partial charge in [-0.15, -0.1) is 0 Å². The summed E-state index contributed by atoms with van der Waals surface area (Å²) in [5.74, 6) is -0.407. The predicted octanol–water partition coefficient (Wildman–Crippen LogP) is 4.67. The molecule has 0 fully saturated rings.